The second-order valence-electron chi connectivity index (χ2n) is 2.98. The number of carboxylic acid groups (broad SMARTS) is 1. The highest BCUT2D eigenvalue weighted by Crippen LogP contribution is 1.96. The van der Waals surface area contributed by atoms with Crippen LogP contribution in [0.5, 0.6) is 0 Å². The van der Waals surface area contributed by atoms with Crippen LogP contribution in [0.2, 0.25) is 0 Å². The second kappa shape index (κ2) is 5.53. The third-order valence-electron chi connectivity index (χ3n) is 1.61. The molecule has 76 valence electrons. The molecule has 0 heterocycles. The van der Waals surface area contributed by atoms with Gasteiger partial charge in [0.15, 0.2) is 0 Å². The molecule has 0 rings (SSSR count). The zero-order valence-corrected chi connectivity index (χ0v) is 7.91. The van der Waals surface area contributed by atoms with Gasteiger partial charge in [0.05, 0.1) is 6.04 Å². The number of carbonyl (C=O) groups excluding carboxylic acids is 1. The van der Waals surface area contributed by atoms with Crippen LogP contribution in [-0.2, 0) is 9.59 Å². The van der Waals surface area contributed by atoms with E-state index >= 15 is 0 Å². The van der Waals surface area contributed by atoms with E-state index in [1.54, 1.807) is 0 Å². The number of hydrogen-bond donors (Lipinski definition) is 3. The zero-order valence-electron chi connectivity index (χ0n) is 7.91. The molecule has 0 spiro atoms. The second-order valence-corrected chi connectivity index (χ2v) is 2.98. The Labute approximate surface area is 77.3 Å². The molecule has 2 atom stereocenters. The van der Waals surface area contributed by atoms with Crippen molar-refractivity contribution in [2.45, 2.75) is 38.8 Å². The van der Waals surface area contributed by atoms with Crippen molar-refractivity contribution in [1.29, 1.82) is 0 Å². The van der Waals surface area contributed by atoms with Crippen LogP contribution in [0.25, 0.3) is 0 Å². The third-order valence-corrected chi connectivity index (χ3v) is 1.61. The molecule has 0 aromatic heterocycles. The molecule has 0 fully saturated rings. The number of carbonyl (C=O) groups is 2. The van der Waals surface area contributed by atoms with Gasteiger partial charge in [0.2, 0.25) is 5.91 Å². The number of nitrogens with two attached hydrogens (primary N) is 1. The Kier molecular flexibility index (Phi) is 5.06. The van der Waals surface area contributed by atoms with Gasteiger partial charge in [-0.15, -0.1) is 0 Å². The van der Waals surface area contributed by atoms with E-state index in [9.17, 15) is 9.59 Å². The predicted octanol–water partition coefficient (Wildman–Crippen LogP) is -0.297. The quantitative estimate of drug-likeness (QED) is 0.552. The maximum absolute atomic E-state index is 11.0. The molecule has 1 amide bonds. The van der Waals surface area contributed by atoms with E-state index in [1.165, 1.54) is 6.92 Å². The number of rotatable bonds is 5. The Morgan fingerprint density at radius 1 is 1.54 bits per heavy atom. The van der Waals surface area contributed by atoms with Crippen LogP contribution in [0.4, 0.5) is 0 Å². The fourth-order valence-electron chi connectivity index (χ4n) is 0.849. The molecule has 0 aliphatic rings. The lowest BCUT2D eigenvalue weighted by Gasteiger charge is -2.14. The molecule has 0 aliphatic heterocycles. The maximum atomic E-state index is 11.0. The zero-order chi connectivity index (χ0) is 10.4. The standard InChI is InChI=1S/C8H16N2O3/c1-3-4-6(8(12)13)10-7(11)5(2)9/h5-6H,3-4,9H2,1-2H3,(H,10,11)(H,12,13)/t5-,6?/m0/s1. The van der Waals surface area contributed by atoms with E-state index in [0.717, 1.165) is 0 Å². The fraction of sp³-hybridized carbons (Fsp3) is 0.750. The molecule has 4 N–H and O–H groups in total. The van der Waals surface area contributed by atoms with Crippen molar-refractivity contribution in [3.8, 4) is 0 Å². The van der Waals surface area contributed by atoms with Gasteiger partial charge < -0.3 is 16.2 Å². The minimum Gasteiger partial charge on any atom is -0.480 e. The largest absolute Gasteiger partial charge is 0.480 e. The normalized spacial score (nSPS) is 14.7. The summed E-state index contributed by atoms with van der Waals surface area (Å²) in [5.74, 6) is -1.45. The summed E-state index contributed by atoms with van der Waals surface area (Å²) in [6, 6.07) is -1.48. The summed E-state index contributed by atoms with van der Waals surface area (Å²) in [6.07, 6.45) is 1.13. The molecular weight excluding hydrogens is 172 g/mol. The summed E-state index contributed by atoms with van der Waals surface area (Å²) in [5, 5.41) is 11.0. The van der Waals surface area contributed by atoms with E-state index in [-0.39, 0.29) is 0 Å². The Bertz CT molecular complexity index is 192. The van der Waals surface area contributed by atoms with Crippen LogP contribution < -0.4 is 11.1 Å². The van der Waals surface area contributed by atoms with Crippen LogP contribution in [0, 0.1) is 0 Å². The molecular formula is C8H16N2O3. The average Bonchev–Trinajstić information content (AvgIpc) is 2.03. The summed E-state index contributed by atoms with van der Waals surface area (Å²) >= 11 is 0. The van der Waals surface area contributed by atoms with Crippen molar-refractivity contribution in [2.24, 2.45) is 5.73 Å². The highest BCUT2D eigenvalue weighted by atomic mass is 16.4. The predicted molar refractivity (Wildman–Crippen MR) is 48.1 cm³/mol. The first-order valence-electron chi connectivity index (χ1n) is 4.27. The number of aliphatic carboxylic acids is 1. The monoisotopic (exact) mass is 188 g/mol. The lowest BCUT2D eigenvalue weighted by molar-refractivity contribution is -0.142. The van der Waals surface area contributed by atoms with E-state index in [1.807, 2.05) is 6.92 Å². The Morgan fingerprint density at radius 3 is 2.38 bits per heavy atom. The van der Waals surface area contributed by atoms with Gasteiger partial charge in [0.1, 0.15) is 6.04 Å². The summed E-state index contributed by atoms with van der Waals surface area (Å²) in [4.78, 5) is 21.6. The van der Waals surface area contributed by atoms with Crippen molar-refractivity contribution < 1.29 is 14.7 Å². The van der Waals surface area contributed by atoms with Gasteiger partial charge in [-0.1, -0.05) is 13.3 Å². The van der Waals surface area contributed by atoms with E-state index < -0.39 is 24.0 Å². The van der Waals surface area contributed by atoms with E-state index in [2.05, 4.69) is 5.32 Å². The van der Waals surface area contributed by atoms with Crippen molar-refractivity contribution in [1.82, 2.24) is 5.32 Å². The molecule has 0 aromatic rings. The maximum Gasteiger partial charge on any atom is 0.326 e. The molecule has 0 saturated carbocycles. The Balaban J connectivity index is 4.10. The number of carboxylic acids is 1. The molecule has 5 nitrogen and oxygen atoms in total. The molecule has 13 heavy (non-hydrogen) atoms. The third kappa shape index (κ3) is 4.47. The summed E-state index contributed by atoms with van der Waals surface area (Å²) < 4.78 is 0. The molecule has 0 saturated heterocycles. The molecule has 0 radical (unpaired) electrons. The van der Waals surface area contributed by atoms with Crippen molar-refractivity contribution >= 4 is 11.9 Å². The van der Waals surface area contributed by atoms with Gasteiger partial charge in [-0.25, -0.2) is 4.79 Å². The van der Waals surface area contributed by atoms with Crippen molar-refractivity contribution in [2.75, 3.05) is 0 Å². The number of hydrogen-bond acceptors (Lipinski definition) is 3. The topological polar surface area (TPSA) is 92.4 Å². The molecule has 0 bridgehead atoms. The Morgan fingerprint density at radius 2 is 2.08 bits per heavy atom. The number of amides is 1. The minimum atomic E-state index is -1.02. The van der Waals surface area contributed by atoms with Crippen LogP contribution in [0.1, 0.15) is 26.7 Å². The minimum absolute atomic E-state index is 0.424. The fourth-order valence-corrected chi connectivity index (χ4v) is 0.849. The summed E-state index contributed by atoms with van der Waals surface area (Å²) in [7, 11) is 0. The average molecular weight is 188 g/mol. The van der Waals surface area contributed by atoms with Crippen LogP contribution in [0.3, 0.4) is 0 Å². The van der Waals surface area contributed by atoms with Gasteiger partial charge in [-0.3, -0.25) is 4.79 Å². The first-order chi connectivity index (χ1) is 5.99. The molecule has 0 aliphatic carbocycles. The molecule has 5 heteroatoms. The number of nitrogens with one attached hydrogen (secondary N) is 1. The van der Waals surface area contributed by atoms with Crippen molar-refractivity contribution in [3.63, 3.8) is 0 Å². The summed E-state index contributed by atoms with van der Waals surface area (Å²) in [5.41, 5.74) is 5.28. The van der Waals surface area contributed by atoms with Gasteiger partial charge in [-0.05, 0) is 13.3 Å². The van der Waals surface area contributed by atoms with Crippen LogP contribution >= 0.6 is 0 Å². The lowest BCUT2D eigenvalue weighted by atomic mass is 10.1. The van der Waals surface area contributed by atoms with E-state index in [0.29, 0.717) is 12.8 Å². The smallest absolute Gasteiger partial charge is 0.326 e. The lowest BCUT2D eigenvalue weighted by Crippen LogP contribution is -2.47. The van der Waals surface area contributed by atoms with Gasteiger partial charge >= 0.3 is 5.97 Å². The van der Waals surface area contributed by atoms with E-state index in [4.69, 9.17) is 10.8 Å². The van der Waals surface area contributed by atoms with Crippen molar-refractivity contribution in [3.05, 3.63) is 0 Å². The summed E-state index contributed by atoms with van der Waals surface area (Å²) in [6.45, 7) is 3.37. The SMILES string of the molecule is CCCC(NC(=O)[C@H](C)N)C(=O)O. The van der Waals surface area contributed by atoms with Gasteiger partial charge in [-0.2, -0.15) is 0 Å². The molecule has 0 aromatic carbocycles. The van der Waals surface area contributed by atoms with Gasteiger partial charge in [0, 0.05) is 0 Å². The highest BCUT2D eigenvalue weighted by Gasteiger charge is 2.19. The highest BCUT2D eigenvalue weighted by molar-refractivity contribution is 5.86. The first-order valence-corrected chi connectivity index (χ1v) is 4.27. The Hall–Kier alpha value is -1.10. The van der Waals surface area contributed by atoms with Crippen LogP contribution in [0.15, 0.2) is 0 Å². The van der Waals surface area contributed by atoms with Gasteiger partial charge in [0.25, 0.3) is 0 Å². The van der Waals surface area contributed by atoms with Crippen LogP contribution in [-0.4, -0.2) is 29.1 Å². The first kappa shape index (κ1) is 11.9. The molecule has 1 unspecified atom stereocenters.